The van der Waals surface area contributed by atoms with E-state index in [2.05, 4.69) is 9.97 Å². The van der Waals surface area contributed by atoms with Crippen molar-refractivity contribution in [2.45, 2.75) is 0 Å². The molecule has 1 heterocycles. The number of anilines is 1. The van der Waals surface area contributed by atoms with Crippen molar-refractivity contribution in [3.63, 3.8) is 0 Å². The molecule has 0 atom stereocenters. The molecule has 0 aliphatic carbocycles. The van der Waals surface area contributed by atoms with Crippen LogP contribution in [0, 0.1) is 5.82 Å². The minimum absolute atomic E-state index is 0.354. The van der Waals surface area contributed by atoms with Gasteiger partial charge in [0.25, 0.3) is 0 Å². The molecule has 3 aromatic rings. The SMILES string of the molecule is Nc1cccc2[nH]c(-c3ccc(Cl)cc3F)nc12. The van der Waals surface area contributed by atoms with Crippen LogP contribution in [0.4, 0.5) is 10.1 Å². The first-order valence-electron chi connectivity index (χ1n) is 5.35. The summed E-state index contributed by atoms with van der Waals surface area (Å²) in [7, 11) is 0. The van der Waals surface area contributed by atoms with Crippen LogP contribution >= 0.6 is 11.6 Å². The van der Waals surface area contributed by atoms with E-state index < -0.39 is 5.82 Å². The number of H-pyrrole nitrogens is 1. The zero-order valence-corrected chi connectivity index (χ0v) is 10.0. The number of imidazole rings is 1. The van der Waals surface area contributed by atoms with Gasteiger partial charge < -0.3 is 10.7 Å². The number of nitrogen functional groups attached to an aromatic ring is 1. The van der Waals surface area contributed by atoms with Crippen LogP contribution in [0.3, 0.4) is 0 Å². The molecular formula is C13H9ClFN3. The summed E-state index contributed by atoms with van der Waals surface area (Å²) in [5, 5.41) is 0.354. The molecule has 2 aromatic carbocycles. The lowest BCUT2D eigenvalue weighted by atomic mass is 10.2. The highest BCUT2D eigenvalue weighted by molar-refractivity contribution is 6.30. The lowest BCUT2D eigenvalue weighted by molar-refractivity contribution is 0.630. The zero-order valence-electron chi connectivity index (χ0n) is 9.24. The molecule has 5 heteroatoms. The maximum Gasteiger partial charge on any atom is 0.141 e. The number of hydrogen-bond acceptors (Lipinski definition) is 2. The maximum absolute atomic E-state index is 13.8. The second-order valence-corrected chi connectivity index (χ2v) is 4.39. The molecule has 0 radical (unpaired) electrons. The van der Waals surface area contributed by atoms with Gasteiger partial charge in [-0.3, -0.25) is 0 Å². The van der Waals surface area contributed by atoms with Gasteiger partial charge in [0.1, 0.15) is 17.2 Å². The van der Waals surface area contributed by atoms with Crippen LogP contribution in [0.15, 0.2) is 36.4 Å². The third-order valence-electron chi connectivity index (χ3n) is 2.73. The molecule has 0 saturated carbocycles. The summed E-state index contributed by atoms with van der Waals surface area (Å²) >= 11 is 5.72. The number of halogens is 2. The van der Waals surface area contributed by atoms with E-state index in [1.807, 2.05) is 12.1 Å². The van der Waals surface area contributed by atoms with Crippen LogP contribution < -0.4 is 5.73 Å². The first kappa shape index (κ1) is 11.0. The van der Waals surface area contributed by atoms with Gasteiger partial charge in [0.05, 0.1) is 16.8 Å². The largest absolute Gasteiger partial charge is 0.397 e. The Morgan fingerprint density at radius 1 is 1.22 bits per heavy atom. The predicted molar refractivity (Wildman–Crippen MR) is 70.9 cm³/mol. The summed E-state index contributed by atoms with van der Waals surface area (Å²) in [6.45, 7) is 0. The number of benzene rings is 2. The highest BCUT2D eigenvalue weighted by atomic mass is 35.5. The molecule has 3 rings (SSSR count). The fraction of sp³-hybridized carbons (Fsp3) is 0. The summed E-state index contributed by atoms with van der Waals surface area (Å²) in [5.41, 5.74) is 8.16. The molecule has 0 saturated heterocycles. The molecule has 90 valence electrons. The normalized spacial score (nSPS) is 11.0. The van der Waals surface area contributed by atoms with Crippen LogP contribution in [-0.4, -0.2) is 9.97 Å². The molecule has 3 nitrogen and oxygen atoms in total. The van der Waals surface area contributed by atoms with Crippen molar-refractivity contribution >= 4 is 28.3 Å². The van der Waals surface area contributed by atoms with E-state index in [1.165, 1.54) is 6.07 Å². The van der Waals surface area contributed by atoms with Crippen LogP contribution in [0.5, 0.6) is 0 Å². The van der Waals surface area contributed by atoms with E-state index in [4.69, 9.17) is 17.3 Å². The first-order valence-corrected chi connectivity index (χ1v) is 5.72. The fourth-order valence-corrected chi connectivity index (χ4v) is 2.02. The molecular weight excluding hydrogens is 253 g/mol. The summed E-state index contributed by atoms with van der Waals surface area (Å²) in [6.07, 6.45) is 0. The van der Waals surface area contributed by atoms with Gasteiger partial charge in [-0.05, 0) is 30.3 Å². The van der Waals surface area contributed by atoms with E-state index in [9.17, 15) is 4.39 Å². The molecule has 0 aliphatic heterocycles. The van der Waals surface area contributed by atoms with Gasteiger partial charge in [-0.25, -0.2) is 9.37 Å². The molecule has 0 aliphatic rings. The lowest BCUT2D eigenvalue weighted by Gasteiger charge is -1.99. The number of para-hydroxylation sites is 1. The molecule has 3 N–H and O–H groups in total. The highest BCUT2D eigenvalue weighted by Crippen LogP contribution is 2.27. The Kier molecular flexibility index (Phi) is 2.45. The lowest BCUT2D eigenvalue weighted by Crippen LogP contribution is -1.87. The second-order valence-electron chi connectivity index (χ2n) is 3.95. The Bertz CT molecular complexity index is 736. The minimum Gasteiger partial charge on any atom is -0.397 e. The van der Waals surface area contributed by atoms with E-state index >= 15 is 0 Å². The van der Waals surface area contributed by atoms with Gasteiger partial charge in [-0.2, -0.15) is 0 Å². The number of fused-ring (bicyclic) bond motifs is 1. The Labute approximate surface area is 107 Å². The molecule has 0 bridgehead atoms. The topological polar surface area (TPSA) is 54.7 Å². The van der Waals surface area contributed by atoms with Crippen molar-refractivity contribution < 1.29 is 4.39 Å². The predicted octanol–water partition coefficient (Wildman–Crippen LogP) is 3.60. The van der Waals surface area contributed by atoms with E-state index in [0.29, 0.717) is 27.6 Å². The van der Waals surface area contributed by atoms with Crippen molar-refractivity contribution in [1.82, 2.24) is 9.97 Å². The molecule has 1 aromatic heterocycles. The van der Waals surface area contributed by atoms with Gasteiger partial charge in [0.2, 0.25) is 0 Å². The van der Waals surface area contributed by atoms with Crippen LogP contribution in [0.2, 0.25) is 5.02 Å². The Hall–Kier alpha value is -2.07. The van der Waals surface area contributed by atoms with Gasteiger partial charge in [0.15, 0.2) is 0 Å². The van der Waals surface area contributed by atoms with Crippen molar-refractivity contribution in [3.8, 4) is 11.4 Å². The summed E-state index contributed by atoms with van der Waals surface area (Å²) in [6, 6.07) is 9.88. The van der Waals surface area contributed by atoms with Crippen molar-refractivity contribution in [2.75, 3.05) is 5.73 Å². The number of nitrogens with two attached hydrogens (primary N) is 1. The Balaban J connectivity index is 2.23. The Morgan fingerprint density at radius 2 is 2.06 bits per heavy atom. The van der Waals surface area contributed by atoms with Gasteiger partial charge >= 0.3 is 0 Å². The average Bonchev–Trinajstić information content (AvgIpc) is 2.74. The smallest absolute Gasteiger partial charge is 0.141 e. The maximum atomic E-state index is 13.8. The summed E-state index contributed by atoms with van der Waals surface area (Å²) in [5.74, 6) is 0.0252. The van der Waals surface area contributed by atoms with Crippen molar-refractivity contribution in [3.05, 3.63) is 47.2 Å². The monoisotopic (exact) mass is 261 g/mol. The van der Waals surface area contributed by atoms with Gasteiger partial charge in [0, 0.05) is 5.02 Å². The molecule has 0 spiro atoms. The summed E-state index contributed by atoms with van der Waals surface area (Å²) in [4.78, 5) is 7.35. The third-order valence-corrected chi connectivity index (χ3v) is 2.97. The van der Waals surface area contributed by atoms with Crippen LogP contribution in [0.1, 0.15) is 0 Å². The number of nitrogens with zero attached hydrogens (tertiary/aromatic N) is 1. The Morgan fingerprint density at radius 3 is 2.78 bits per heavy atom. The van der Waals surface area contributed by atoms with Crippen LogP contribution in [0.25, 0.3) is 22.4 Å². The first-order chi connectivity index (χ1) is 8.65. The third kappa shape index (κ3) is 1.71. The number of hydrogen-bond donors (Lipinski definition) is 2. The molecule has 0 fully saturated rings. The minimum atomic E-state index is -0.417. The van der Waals surface area contributed by atoms with E-state index in [0.717, 1.165) is 5.52 Å². The van der Waals surface area contributed by atoms with Crippen molar-refractivity contribution in [1.29, 1.82) is 0 Å². The number of aromatic nitrogens is 2. The highest BCUT2D eigenvalue weighted by Gasteiger charge is 2.11. The standard InChI is InChI=1S/C13H9ClFN3/c14-7-4-5-8(9(15)6-7)13-17-11-3-1-2-10(16)12(11)18-13/h1-6H,16H2,(H,17,18). The quantitative estimate of drug-likeness (QED) is 0.658. The van der Waals surface area contributed by atoms with E-state index in [-0.39, 0.29) is 0 Å². The molecule has 0 amide bonds. The van der Waals surface area contributed by atoms with Crippen LogP contribution in [-0.2, 0) is 0 Å². The summed E-state index contributed by atoms with van der Waals surface area (Å²) < 4.78 is 13.8. The van der Waals surface area contributed by atoms with Gasteiger partial charge in [-0.15, -0.1) is 0 Å². The zero-order chi connectivity index (χ0) is 12.7. The second kappa shape index (κ2) is 3.99. The van der Waals surface area contributed by atoms with Gasteiger partial charge in [-0.1, -0.05) is 17.7 Å². The number of rotatable bonds is 1. The van der Waals surface area contributed by atoms with E-state index in [1.54, 1.807) is 18.2 Å². The number of nitrogens with one attached hydrogen (secondary N) is 1. The fourth-order valence-electron chi connectivity index (χ4n) is 1.86. The molecule has 18 heavy (non-hydrogen) atoms. The molecule has 0 unspecified atom stereocenters. The average molecular weight is 262 g/mol. The van der Waals surface area contributed by atoms with Crippen molar-refractivity contribution in [2.24, 2.45) is 0 Å². The number of aromatic amines is 1.